The predicted octanol–water partition coefficient (Wildman–Crippen LogP) is 1.28. The monoisotopic (exact) mass is 178 g/mol. The van der Waals surface area contributed by atoms with Crippen LogP contribution in [0.25, 0.3) is 0 Å². The van der Waals surface area contributed by atoms with Crippen molar-refractivity contribution in [2.45, 2.75) is 13.8 Å². The molecule has 0 unspecified atom stereocenters. The van der Waals surface area contributed by atoms with Crippen molar-refractivity contribution in [3.63, 3.8) is 0 Å². The first kappa shape index (κ1) is 10.6. The topological polar surface area (TPSA) is 32.3 Å². The number of urea groups is 1. The second-order valence-electron chi connectivity index (χ2n) is 2.09. The van der Waals surface area contributed by atoms with Crippen molar-refractivity contribution >= 4 is 17.6 Å². The van der Waals surface area contributed by atoms with Crippen LogP contribution in [-0.2, 0) is 0 Å². The van der Waals surface area contributed by atoms with Gasteiger partial charge in [0.15, 0.2) is 0 Å². The van der Waals surface area contributed by atoms with Crippen LogP contribution in [0.2, 0.25) is 0 Å². The molecule has 66 valence electrons. The van der Waals surface area contributed by atoms with Crippen LogP contribution >= 0.6 is 11.6 Å². The molecular weight excluding hydrogens is 164 g/mol. The first-order valence-electron chi connectivity index (χ1n) is 3.85. The third-order valence-electron chi connectivity index (χ3n) is 1.42. The van der Waals surface area contributed by atoms with Crippen LogP contribution in [0, 0.1) is 0 Å². The van der Waals surface area contributed by atoms with E-state index < -0.39 is 0 Å². The van der Waals surface area contributed by atoms with Gasteiger partial charge in [-0.05, 0) is 13.8 Å². The Morgan fingerprint density at radius 1 is 1.45 bits per heavy atom. The van der Waals surface area contributed by atoms with E-state index in [9.17, 15) is 4.79 Å². The molecule has 0 saturated heterocycles. The molecule has 0 bridgehead atoms. The van der Waals surface area contributed by atoms with E-state index in [0.717, 1.165) is 13.1 Å². The van der Waals surface area contributed by atoms with Crippen molar-refractivity contribution in [3.05, 3.63) is 0 Å². The third-order valence-corrected chi connectivity index (χ3v) is 1.61. The summed E-state index contributed by atoms with van der Waals surface area (Å²) in [6.07, 6.45) is 0. The number of rotatable bonds is 4. The highest BCUT2D eigenvalue weighted by Crippen LogP contribution is 1.87. The Kier molecular flexibility index (Phi) is 6.03. The smallest absolute Gasteiger partial charge is 0.317 e. The molecule has 0 aliphatic carbocycles. The van der Waals surface area contributed by atoms with E-state index in [1.807, 2.05) is 13.8 Å². The van der Waals surface area contributed by atoms with Crippen molar-refractivity contribution in [2.24, 2.45) is 0 Å². The highest BCUT2D eigenvalue weighted by Gasteiger charge is 2.06. The number of hydrogen-bond acceptors (Lipinski definition) is 1. The van der Waals surface area contributed by atoms with E-state index in [4.69, 9.17) is 11.6 Å². The molecular formula is C7H15ClN2O. The highest BCUT2D eigenvalue weighted by atomic mass is 35.5. The van der Waals surface area contributed by atoms with E-state index >= 15 is 0 Å². The lowest BCUT2D eigenvalue weighted by molar-refractivity contribution is 0.204. The molecule has 11 heavy (non-hydrogen) atoms. The molecule has 0 radical (unpaired) electrons. The molecule has 0 rings (SSSR count). The molecule has 0 aromatic heterocycles. The minimum Gasteiger partial charge on any atom is -0.337 e. The number of nitrogens with one attached hydrogen (secondary N) is 1. The fraction of sp³-hybridized carbons (Fsp3) is 0.857. The van der Waals surface area contributed by atoms with Crippen LogP contribution in [0.1, 0.15) is 13.8 Å². The van der Waals surface area contributed by atoms with Gasteiger partial charge < -0.3 is 10.2 Å². The zero-order chi connectivity index (χ0) is 8.69. The summed E-state index contributed by atoms with van der Waals surface area (Å²) in [6.45, 7) is 5.92. The van der Waals surface area contributed by atoms with Crippen LogP contribution in [-0.4, -0.2) is 36.4 Å². The molecule has 0 atom stereocenters. The summed E-state index contributed by atoms with van der Waals surface area (Å²) in [6, 6.07) is -0.0318. The van der Waals surface area contributed by atoms with Crippen molar-refractivity contribution < 1.29 is 4.79 Å². The predicted molar refractivity (Wildman–Crippen MR) is 47.0 cm³/mol. The zero-order valence-electron chi connectivity index (χ0n) is 7.06. The summed E-state index contributed by atoms with van der Waals surface area (Å²) in [5, 5.41) is 2.69. The van der Waals surface area contributed by atoms with E-state index in [0.29, 0.717) is 12.4 Å². The van der Waals surface area contributed by atoms with Crippen molar-refractivity contribution in [1.82, 2.24) is 10.2 Å². The van der Waals surface area contributed by atoms with Gasteiger partial charge in [-0.1, -0.05) is 0 Å². The van der Waals surface area contributed by atoms with Gasteiger partial charge in [0.25, 0.3) is 0 Å². The molecule has 4 heteroatoms. The van der Waals surface area contributed by atoms with Gasteiger partial charge in [0, 0.05) is 25.5 Å². The molecule has 3 nitrogen and oxygen atoms in total. The third kappa shape index (κ3) is 4.09. The van der Waals surface area contributed by atoms with Gasteiger partial charge >= 0.3 is 6.03 Å². The van der Waals surface area contributed by atoms with Gasteiger partial charge in [0.2, 0.25) is 0 Å². The lowest BCUT2D eigenvalue weighted by Crippen LogP contribution is -2.40. The maximum atomic E-state index is 11.1. The Morgan fingerprint density at radius 3 is 2.36 bits per heavy atom. The summed E-state index contributed by atoms with van der Waals surface area (Å²) >= 11 is 5.40. The van der Waals surface area contributed by atoms with Crippen molar-refractivity contribution in [3.8, 4) is 0 Å². The molecule has 1 N–H and O–H groups in total. The Hall–Kier alpha value is -0.440. The summed E-state index contributed by atoms with van der Waals surface area (Å²) in [5.41, 5.74) is 0. The minimum absolute atomic E-state index is 0.0318. The first-order chi connectivity index (χ1) is 5.26. The number of hydrogen-bond donors (Lipinski definition) is 1. The molecule has 0 aromatic rings. The lowest BCUT2D eigenvalue weighted by Gasteiger charge is -2.18. The normalized spacial score (nSPS) is 9.36. The second-order valence-corrected chi connectivity index (χ2v) is 2.47. The molecule has 2 amide bonds. The number of halogens is 1. The fourth-order valence-corrected chi connectivity index (χ4v) is 0.871. The standard InChI is InChI=1S/C7H15ClN2O/c1-3-10(4-2)7(11)9-6-5-8/h3-6H2,1-2H3,(H,9,11). The number of carbonyl (C=O) groups is 1. The summed E-state index contributed by atoms with van der Waals surface area (Å²) in [5.74, 6) is 0.465. The van der Waals surface area contributed by atoms with Gasteiger partial charge in [0.1, 0.15) is 0 Å². The van der Waals surface area contributed by atoms with E-state index in [2.05, 4.69) is 5.32 Å². The summed E-state index contributed by atoms with van der Waals surface area (Å²) < 4.78 is 0. The van der Waals surface area contributed by atoms with Gasteiger partial charge in [0.05, 0.1) is 0 Å². The van der Waals surface area contributed by atoms with Gasteiger partial charge in [-0.2, -0.15) is 0 Å². The molecule has 0 aromatic carbocycles. The van der Waals surface area contributed by atoms with Gasteiger partial charge in [-0.15, -0.1) is 11.6 Å². The van der Waals surface area contributed by atoms with Crippen LogP contribution in [0.15, 0.2) is 0 Å². The van der Waals surface area contributed by atoms with Gasteiger partial charge in [-0.25, -0.2) is 4.79 Å². The van der Waals surface area contributed by atoms with E-state index in [1.54, 1.807) is 4.90 Å². The lowest BCUT2D eigenvalue weighted by atomic mass is 10.5. The molecule has 0 fully saturated rings. The largest absolute Gasteiger partial charge is 0.337 e. The van der Waals surface area contributed by atoms with Crippen LogP contribution in [0.3, 0.4) is 0 Å². The first-order valence-corrected chi connectivity index (χ1v) is 4.38. The molecule has 0 heterocycles. The average molecular weight is 179 g/mol. The zero-order valence-corrected chi connectivity index (χ0v) is 7.82. The molecule has 0 aliphatic heterocycles. The van der Waals surface area contributed by atoms with Crippen LogP contribution in [0.5, 0.6) is 0 Å². The number of nitrogens with zero attached hydrogens (tertiary/aromatic N) is 1. The number of carbonyl (C=O) groups excluding carboxylic acids is 1. The molecule has 0 spiro atoms. The average Bonchev–Trinajstić information content (AvgIpc) is 2.03. The highest BCUT2D eigenvalue weighted by molar-refractivity contribution is 6.18. The fourth-order valence-electron chi connectivity index (χ4n) is 0.777. The van der Waals surface area contributed by atoms with Crippen LogP contribution < -0.4 is 5.32 Å². The maximum Gasteiger partial charge on any atom is 0.317 e. The Bertz CT molecular complexity index is 115. The van der Waals surface area contributed by atoms with E-state index in [-0.39, 0.29) is 6.03 Å². The summed E-state index contributed by atoms with van der Waals surface area (Å²) in [7, 11) is 0. The molecule has 0 aliphatic rings. The second kappa shape index (κ2) is 6.28. The number of alkyl halides is 1. The maximum absolute atomic E-state index is 11.1. The Labute approximate surface area is 72.7 Å². The quantitative estimate of drug-likeness (QED) is 0.647. The summed E-state index contributed by atoms with van der Waals surface area (Å²) in [4.78, 5) is 12.8. The van der Waals surface area contributed by atoms with Gasteiger partial charge in [-0.3, -0.25) is 0 Å². The van der Waals surface area contributed by atoms with Crippen molar-refractivity contribution in [1.29, 1.82) is 0 Å². The SMILES string of the molecule is CCN(CC)C(=O)NCCCl. The number of amides is 2. The minimum atomic E-state index is -0.0318. The van der Waals surface area contributed by atoms with Crippen LogP contribution in [0.4, 0.5) is 4.79 Å². The Morgan fingerprint density at radius 2 is 2.00 bits per heavy atom. The van der Waals surface area contributed by atoms with E-state index in [1.165, 1.54) is 0 Å². The Balaban J connectivity index is 3.61. The molecule has 0 saturated carbocycles. The van der Waals surface area contributed by atoms with Crippen molar-refractivity contribution in [2.75, 3.05) is 25.5 Å².